The molecule has 2 heterocycles. The Morgan fingerprint density at radius 3 is 3.06 bits per heavy atom. The fraction of sp³-hybridized carbons (Fsp3) is 0.667. The van der Waals surface area contributed by atoms with Gasteiger partial charge in [0.05, 0.1) is 13.2 Å². The first-order valence-corrected chi connectivity index (χ1v) is 6.48. The van der Waals surface area contributed by atoms with Crippen LogP contribution in [0.25, 0.3) is 0 Å². The van der Waals surface area contributed by atoms with Crippen molar-refractivity contribution in [3.63, 3.8) is 0 Å². The van der Waals surface area contributed by atoms with E-state index in [1.165, 1.54) is 0 Å². The molecule has 94 valence electrons. The molecular formula is C12H18N2O2S. The van der Waals surface area contributed by atoms with Gasteiger partial charge in [0.1, 0.15) is 16.6 Å². The van der Waals surface area contributed by atoms with Crippen LogP contribution in [0, 0.1) is 4.64 Å². The average molecular weight is 254 g/mol. The molecule has 0 amide bonds. The number of rotatable bonds is 4. The summed E-state index contributed by atoms with van der Waals surface area (Å²) in [5.41, 5.74) is 2.19. The van der Waals surface area contributed by atoms with Crippen LogP contribution in [0.1, 0.15) is 43.5 Å². The maximum Gasteiger partial charge on any atom is 0.137 e. The topological polar surface area (TPSA) is 47.1 Å². The first-order chi connectivity index (χ1) is 8.26. The van der Waals surface area contributed by atoms with Crippen molar-refractivity contribution in [2.75, 3.05) is 13.2 Å². The highest BCUT2D eigenvalue weighted by Crippen LogP contribution is 2.21. The summed E-state index contributed by atoms with van der Waals surface area (Å²) in [7, 11) is 0. The number of nitrogens with zero attached hydrogens (tertiary/aromatic N) is 1. The van der Waals surface area contributed by atoms with Gasteiger partial charge in [0, 0.05) is 24.3 Å². The molecule has 1 unspecified atom stereocenters. The molecule has 1 aromatic rings. The molecule has 0 aromatic carbocycles. The first kappa shape index (κ1) is 12.7. The lowest BCUT2D eigenvalue weighted by Crippen LogP contribution is -2.17. The zero-order chi connectivity index (χ0) is 12.3. The number of aromatic nitrogens is 2. The normalized spacial score (nSPS) is 16.6. The molecule has 0 radical (unpaired) electrons. The van der Waals surface area contributed by atoms with E-state index in [9.17, 15) is 0 Å². The van der Waals surface area contributed by atoms with Crippen molar-refractivity contribution in [1.82, 2.24) is 9.97 Å². The second-order valence-corrected chi connectivity index (χ2v) is 4.43. The van der Waals surface area contributed by atoms with E-state index in [1.54, 1.807) is 0 Å². The summed E-state index contributed by atoms with van der Waals surface area (Å²) in [6.07, 6.45) is 1.77. The van der Waals surface area contributed by atoms with Crippen LogP contribution in [-0.4, -0.2) is 23.2 Å². The standard InChI is InChI=1S/C12H18N2O2S/c1-3-10(16-4-2)11-13-9-5-6-15-7-8(9)12(17)14-11/h10H,3-7H2,1-2H3,(H,13,14,17). The van der Waals surface area contributed by atoms with Gasteiger partial charge in [-0.3, -0.25) is 0 Å². The molecule has 17 heavy (non-hydrogen) atoms. The van der Waals surface area contributed by atoms with Crippen molar-refractivity contribution < 1.29 is 9.47 Å². The lowest BCUT2D eigenvalue weighted by Gasteiger charge is -2.20. The van der Waals surface area contributed by atoms with Gasteiger partial charge < -0.3 is 14.5 Å². The van der Waals surface area contributed by atoms with Crippen molar-refractivity contribution >= 4 is 12.2 Å². The van der Waals surface area contributed by atoms with Crippen molar-refractivity contribution in [2.24, 2.45) is 0 Å². The van der Waals surface area contributed by atoms with Crippen LogP contribution in [0.3, 0.4) is 0 Å². The highest BCUT2D eigenvalue weighted by atomic mass is 32.1. The number of hydrogen-bond acceptors (Lipinski definition) is 4. The number of hydrogen-bond donors (Lipinski definition) is 1. The zero-order valence-corrected chi connectivity index (χ0v) is 11.1. The van der Waals surface area contributed by atoms with E-state index in [2.05, 4.69) is 16.9 Å². The fourth-order valence-corrected chi connectivity index (χ4v) is 2.30. The Kier molecular flexibility index (Phi) is 4.25. The molecule has 0 spiro atoms. The summed E-state index contributed by atoms with van der Waals surface area (Å²) in [5.74, 6) is 0.847. The lowest BCUT2D eigenvalue weighted by atomic mass is 10.1. The van der Waals surface area contributed by atoms with Gasteiger partial charge in [0.25, 0.3) is 0 Å². The number of nitrogens with one attached hydrogen (secondary N) is 1. The Labute approximate surface area is 106 Å². The number of H-pyrrole nitrogens is 1. The minimum atomic E-state index is 0.00912. The summed E-state index contributed by atoms with van der Waals surface area (Å²) in [6, 6.07) is 0. The molecule has 4 nitrogen and oxygen atoms in total. The van der Waals surface area contributed by atoms with Gasteiger partial charge in [-0.05, 0) is 13.3 Å². The van der Waals surface area contributed by atoms with E-state index in [1.807, 2.05) is 6.92 Å². The predicted molar refractivity (Wildman–Crippen MR) is 67.4 cm³/mol. The van der Waals surface area contributed by atoms with Crippen LogP contribution in [0.2, 0.25) is 0 Å². The van der Waals surface area contributed by atoms with Gasteiger partial charge in [-0.1, -0.05) is 19.1 Å². The quantitative estimate of drug-likeness (QED) is 0.839. The minimum absolute atomic E-state index is 0.00912. The predicted octanol–water partition coefficient (Wildman–Crippen LogP) is 2.70. The molecule has 1 aliphatic rings. The summed E-state index contributed by atoms with van der Waals surface area (Å²) in [5, 5.41) is 0. The highest BCUT2D eigenvalue weighted by Gasteiger charge is 2.17. The number of fused-ring (bicyclic) bond motifs is 1. The lowest BCUT2D eigenvalue weighted by molar-refractivity contribution is 0.0523. The average Bonchev–Trinajstić information content (AvgIpc) is 2.36. The second-order valence-electron chi connectivity index (χ2n) is 4.04. The maximum absolute atomic E-state index is 5.65. The van der Waals surface area contributed by atoms with Gasteiger partial charge >= 0.3 is 0 Å². The van der Waals surface area contributed by atoms with Crippen LogP contribution in [0.5, 0.6) is 0 Å². The molecule has 2 rings (SSSR count). The van der Waals surface area contributed by atoms with Gasteiger partial charge in [0.2, 0.25) is 0 Å². The zero-order valence-electron chi connectivity index (χ0n) is 10.3. The van der Waals surface area contributed by atoms with Crippen LogP contribution in [0.15, 0.2) is 0 Å². The van der Waals surface area contributed by atoms with Crippen molar-refractivity contribution in [1.29, 1.82) is 0 Å². The van der Waals surface area contributed by atoms with E-state index in [0.29, 0.717) is 17.9 Å². The van der Waals surface area contributed by atoms with E-state index < -0.39 is 0 Å². The van der Waals surface area contributed by atoms with Crippen LogP contribution in [-0.2, 0) is 22.5 Å². The molecule has 1 aromatic heterocycles. The van der Waals surface area contributed by atoms with E-state index >= 15 is 0 Å². The molecule has 0 fully saturated rings. The first-order valence-electron chi connectivity index (χ1n) is 6.07. The molecule has 0 aliphatic carbocycles. The third kappa shape index (κ3) is 2.73. The SMILES string of the molecule is CCOC(CC)c1nc(=S)c2c([nH]1)CCOC2. The molecule has 1 atom stereocenters. The van der Waals surface area contributed by atoms with Gasteiger partial charge in [-0.25, -0.2) is 4.98 Å². The fourth-order valence-electron chi connectivity index (χ4n) is 2.02. The van der Waals surface area contributed by atoms with E-state index in [0.717, 1.165) is 36.5 Å². The molecule has 1 aliphatic heterocycles. The largest absolute Gasteiger partial charge is 0.376 e. The molecule has 0 saturated carbocycles. The smallest absolute Gasteiger partial charge is 0.137 e. The summed E-state index contributed by atoms with van der Waals surface area (Å²) < 4.78 is 11.7. The molecule has 0 saturated heterocycles. The second kappa shape index (κ2) is 5.71. The Balaban J connectivity index is 2.36. The summed E-state index contributed by atoms with van der Waals surface area (Å²) in [6.45, 7) is 6.07. The van der Waals surface area contributed by atoms with E-state index in [4.69, 9.17) is 21.7 Å². The van der Waals surface area contributed by atoms with Gasteiger partial charge in [0.15, 0.2) is 0 Å². The number of aromatic amines is 1. The van der Waals surface area contributed by atoms with Crippen LogP contribution >= 0.6 is 12.2 Å². The summed E-state index contributed by atoms with van der Waals surface area (Å²) >= 11 is 5.31. The van der Waals surface area contributed by atoms with E-state index in [-0.39, 0.29) is 6.10 Å². The molecule has 0 bridgehead atoms. The molecule has 1 N–H and O–H groups in total. The van der Waals surface area contributed by atoms with Crippen molar-refractivity contribution in [3.8, 4) is 0 Å². The minimum Gasteiger partial charge on any atom is -0.376 e. The van der Waals surface area contributed by atoms with Crippen molar-refractivity contribution in [3.05, 3.63) is 21.7 Å². The molecular weight excluding hydrogens is 236 g/mol. The Hall–Kier alpha value is -0.780. The van der Waals surface area contributed by atoms with Gasteiger partial charge in [-0.2, -0.15) is 0 Å². The maximum atomic E-state index is 5.65. The Morgan fingerprint density at radius 1 is 1.53 bits per heavy atom. The summed E-state index contributed by atoms with van der Waals surface area (Å²) in [4.78, 5) is 7.79. The third-order valence-corrected chi connectivity index (χ3v) is 3.25. The van der Waals surface area contributed by atoms with Gasteiger partial charge in [-0.15, -0.1) is 0 Å². The third-order valence-electron chi connectivity index (χ3n) is 2.91. The highest BCUT2D eigenvalue weighted by molar-refractivity contribution is 7.71. The van der Waals surface area contributed by atoms with Crippen LogP contribution < -0.4 is 0 Å². The Bertz CT molecular complexity index is 445. The van der Waals surface area contributed by atoms with Crippen molar-refractivity contribution in [2.45, 2.75) is 39.4 Å². The Morgan fingerprint density at radius 2 is 2.35 bits per heavy atom. The monoisotopic (exact) mass is 254 g/mol. The molecule has 5 heteroatoms. The van der Waals surface area contributed by atoms with Crippen LogP contribution in [0.4, 0.5) is 0 Å². The number of ether oxygens (including phenoxy) is 2.